The molecule has 1 aromatic heterocycles. The normalized spacial score (nSPS) is 10.2. The maximum atomic E-state index is 8.99. The lowest BCUT2D eigenvalue weighted by Gasteiger charge is -2.09. The summed E-state index contributed by atoms with van der Waals surface area (Å²) in [5.41, 5.74) is 0.160. The van der Waals surface area contributed by atoms with Gasteiger partial charge < -0.3 is 4.74 Å². The molecule has 1 heterocycles. The fourth-order valence-corrected chi connectivity index (χ4v) is 2.45. The lowest BCUT2D eigenvalue weighted by molar-refractivity contribution is 0.456. The number of halogens is 1. The van der Waals surface area contributed by atoms with Crippen molar-refractivity contribution < 1.29 is 4.74 Å². The molecule has 0 N–H and O–H groups in total. The van der Waals surface area contributed by atoms with Crippen molar-refractivity contribution in [2.24, 2.45) is 0 Å². The number of nitriles is 1. The quantitative estimate of drug-likeness (QED) is 0.713. The number of nitrogens with zero attached hydrogens (tertiary/aromatic N) is 3. The molecule has 0 radical (unpaired) electrons. The average Bonchev–Trinajstić information content (AvgIpc) is 2.51. The molecular formula is C15H8BrN3O. The summed E-state index contributed by atoms with van der Waals surface area (Å²) >= 11 is 3.53. The summed E-state index contributed by atoms with van der Waals surface area (Å²) in [6.07, 6.45) is 2.95. The molecule has 0 saturated carbocycles. The Balaban J connectivity index is 2.08. The van der Waals surface area contributed by atoms with E-state index >= 15 is 0 Å². The SMILES string of the molecule is N#Cc1nccnc1Oc1ccc2ccccc2c1Br. The van der Waals surface area contributed by atoms with Gasteiger partial charge in [-0.25, -0.2) is 9.97 Å². The molecule has 4 nitrogen and oxygen atoms in total. The second-order valence-corrected chi connectivity index (χ2v) is 4.82. The van der Waals surface area contributed by atoms with Crippen molar-refractivity contribution in [3.63, 3.8) is 0 Å². The number of fused-ring (bicyclic) bond motifs is 1. The van der Waals surface area contributed by atoms with Crippen LogP contribution in [0.4, 0.5) is 0 Å². The number of ether oxygens (including phenoxy) is 1. The van der Waals surface area contributed by atoms with Gasteiger partial charge in [-0.3, -0.25) is 0 Å². The minimum Gasteiger partial charge on any atom is -0.435 e. The van der Waals surface area contributed by atoms with Gasteiger partial charge in [0.2, 0.25) is 5.69 Å². The molecule has 0 aliphatic carbocycles. The molecular weight excluding hydrogens is 318 g/mol. The second-order valence-electron chi connectivity index (χ2n) is 4.02. The van der Waals surface area contributed by atoms with Gasteiger partial charge in [-0.15, -0.1) is 0 Å². The molecule has 0 bridgehead atoms. The molecule has 96 valence electrons. The first-order valence-corrected chi connectivity index (χ1v) is 6.65. The first-order chi connectivity index (χ1) is 9.79. The number of hydrogen-bond acceptors (Lipinski definition) is 4. The molecule has 0 amide bonds. The molecule has 0 saturated heterocycles. The Hall–Kier alpha value is -2.45. The van der Waals surface area contributed by atoms with Gasteiger partial charge in [0.05, 0.1) is 4.47 Å². The maximum Gasteiger partial charge on any atom is 0.256 e. The zero-order valence-electron chi connectivity index (χ0n) is 10.2. The zero-order chi connectivity index (χ0) is 13.9. The topological polar surface area (TPSA) is 58.8 Å². The van der Waals surface area contributed by atoms with Crippen molar-refractivity contribution in [1.82, 2.24) is 9.97 Å². The van der Waals surface area contributed by atoms with E-state index < -0.39 is 0 Å². The summed E-state index contributed by atoms with van der Waals surface area (Å²) in [6.45, 7) is 0. The Kier molecular flexibility index (Phi) is 3.32. The smallest absolute Gasteiger partial charge is 0.256 e. The third-order valence-corrected chi connectivity index (χ3v) is 3.62. The number of benzene rings is 2. The second kappa shape index (κ2) is 5.27. The van der Waals surface area contributed by atoms with Crippen LogP contribution < -0.4 is 4.74 Å². The van der Waals surface area contributed by atoms with Gasteiger partial charge in [0.1, 0.15) is 11.8 Å². The number of aromatic nitrogens is 2. The van der Waals surface area contributed by atoms with Crippen LogP contribution in [0.1, 0.15) is 5.69 Å². The predicted octanol–water partition coefficient (Wildman–Crippen LogP) is 4.06. The van der Waals surface area contributed by atoms with E-state index in [4.69, 9.17) is 10.00 Å². The molecule has 20 heavy (non-hydrogen) atoms. The Labute approximate surface area is 123 Å². The van der Waals surface area contributed by atoms with Gasteiger partial charge in [0.25, 0.3) is 5.88 Å². The molecule has 0 fully saturated rings. The van der Waals surface area contributed by atoms with Gasteiger partial charge in [0.15, 0.2) is 0 Å². The van der Waals surface area contributed by atoms with Crippen molar-refractivity contribution in [3.8, 4) is 17.7 Å². The molecule has 0 unspecified atom stereocenters. The van der Waals surface area contributed by atoms with Gasteiger partial charge in [-0.05, 0) is 32.8 Å². The standard InChI is InChI=1S/C15H8BrN3O/c16-14-11-4-2-1-3-10(11)5-6-13(14)20-15-12(9-17)18-7-8-19-15/h1-8H. The largest absolute Gasteiger partial charge is 0.435 e. The minimum atomic E-state index is 0.160. The lowest BCUT2D eigenvalue weighted by atomic mass is 10.1. The van der Waals surface area contributed by atoms with Crippen molar-refractivity contribution in [2.75, 3.05) is 0 Å². The summed E-state index contributed by atoms with van der Waals surface area (Å²) in [4.78, 5) is 7.96. The molecule has 3 aromatic rings. The molecule has 0 spiro atoms. The van der Waals surface area contributed by atoms with Crippen LogP contribution in [-0.4, -0.2) is 9.97 Å². The fraction of sp³-hybridized carbons (Fsp3) is 0. The van der Waals surface area contributed by atoms with Crippen LogP contribution in [0.3, 0.4) is 0 Å². The van der Waals surface area contributed by atoms with Crippen LogP contribution in [0.15, 0.2) is 53.3 Å². The van der Waals surface area contributed by atoms with Gasteiger partial charge in [0, 0.05) is 12.4 Å². The van der Waals surface area contributed by atoms with Crippen molar-refractivity contribution in [2.45, 2.75) is 0 Å². The van der Waals surface area contributed by atoms with Crippen LogP contribution >= 0.6 is 15.9 Å². The van der Waals surface area contributed by atoms with E-state index in [0.29, 0.717) is 5.75 Å². The fourth-order valence-electron chi connectivity index (χ4n) is 1.87. The van der Waals surface area contributed by atoms with Crippen LogP contribution in [0.2, 0.25) is 0 Å². The van der Waals surface area contributed by atoms with E-state index in [1.807, 2.05) is 42.5 Å². The summed E-state index contributed by atoms with van der Waals surface area (Å²) in [7, 11) is 0. The average molecular weight is 326 g/mol. The van der Waals surface area contributed by atoms with E-state index in [9.17, 15) is 0 Å². The van der Waals surface area contributed by atoms with E-state index in [1.54, 1.807) is 0 Å². The molecule has 2 aromatic carbocycles. The van der Waals surface area contributed by atoms with E-state index in [-0.39, 0.29) is 11.6 Å². The summed E-state index contributed by atoms with van der Waals surface area (Å²) in [6, 6.07) is 13.7. The Morgan fingerprint density at radius 1 is 1.05 bits per heavy atom. The molecule has 0 aliphatic heterocycles. The highest BCUT2D eigenvalue weighted by molar-refractivity contribution is 9.10. The van der Waals surface area contributed by atoms with Crippen molar-refractivity contribution >= 4 is 26.7 Å². The highest BCUT2D eigenvalue weighted by Crippen LogP contribution is 2.35. The van der Waals surface area contributed by atoms with Gasteiger partial charge in [-0.1, -0.05) is 30.3 Å². The first-order valence-electron chi connectivity index (χ1n) is 5.86. The summed E-state index contributed by atoms with van der Waals surface area (Å²) in [5, 5.41) is 11.1. The monoisotopic (exact) mass is 325 g/mol. The molecule has 3 rings (SSSR count). The van der Waals surface area contributed by atoms with Crippen molar-refractivity contribution in [1.29, 1.82) is 5.26 Å². The van der Waals surface area contributed by atoms with Crippen LogP contribution in [-0.2, 0) is 0 Å². The van der Waals surface area contributed by atoms with Gasteiger partial charge >= 0.3 is 0 Å². The molecule has 0 atom stereocenters. The zero-order valence-corrected chi connectivity index (χ0v) is 11.8. The van der Waals surface area contributed by atoms with Crippen molar-refractivity contribution in [3.05, 3.63) is 59.0 Å². The third-order valence-electron chi connectivity index (χ3n) is 2.81. The third kappa shape index (κ3) is 2.22. The van der Waals surface area contributed by atoms with E-state index in [2.05, 4.69) is 25.9 Å². The highest BCUT2D eigenvalue weighted by atomic mass is 79.9. The minimum absolute atomic E-state index is 0.160. The van der Waals surface area contributed by atoms with Crippen LogP contribution in [0.5, 0.6) is 11.6 Å². The summed E-state index contributed by atoms with van der Waals surface area (Å²) < 4.78 is 6.52. The summed E-state index contributed by atoms with van der Waals surface area (Å²) in [5.74, 6) is 0.798. The van der Waals surface area contributed by atoms with Crippen LogP contribution in [0, 0.1) is 11.3 Å². The predicted molar refractivity (Wildman–Crippen MR) is 78.5 cm³/mol. The first kappa shape index (κ1) is 12.6. The number of rotatable bonds is 2. The Morgan fingerprint density at radius 3 is 2.70 bits per heavy atom. The Morgan fingerprint density at radius 2 is 1.85 bits per heavy atom. The van der Waals surface area contributed by atoms with E-state index in [1.165, 1.54) is 12.4 Å². The maximum absolute atomic E-state index is 8.99. The Bertz CT molecular complexity index is 827. The molecule has 5 heteroatoms. The lowest BCUT2D eigenvalue weighted by Crippen LogP contribution is -1.94. The van der Waals surface area contributed by atoms with E-state index in [0.717, 1.165) is 15.2 Å². The number of hydrogen-bond donors (Lipinski definition) is 0. The molecule has 0 aliphatic rings. The van der Waals surface area contributed by atoms with Gasteiger partial charge in [-0.2, -0.15) is 5.26 Å². The van der Waals surface area contributed by atoms with Crippen LogP contribution in [0.25, 0.3) is 10.8 Å². The highest BCUT2D eigenvalue weighted by Gasteiger charge is 2.11.